The summed E-state index contributed by atoms with van der Waals surface area (Å²) < 4.78 is 14.0. The minimum Gasteiger partial charge on any atom is -0.491 e. The largest absolute Gasteiger partial charge is 0.491 e. The van der Waals surface area contributed by atoms with Crippen LogP contribution >= 0.6 is 0 Å². The van der Waals surface area contributed by atoms with Crippen LogP contribution in [-0.4, -0.2) is 63.3 Å². The van der Waals surface area contributed by atoms with Crippen molar-refractivity contribution < 1.29 is 14.6 Å². The number of pyridine rings is 2. The number of aromatic nitrogens is 3. The maximum absolute atomic E-state index is 8.98. The Morgan fingerprint density at radius 1 is 1.18 bits per heavy atom. The Kier molecular flexibility index (Phi) is 6.41. The topological polar surface area (TPSA) is 72.1 Å². The van der Waals surface area contributed by atoms with Crippen molar-refractivity contribution in [2.45, 2.75) is 32.3 Å². The van der Waals surface area contributed by atoms with Crippen molar-refractivity contribution in [2.75, 3.05) is 32.8 Å². The number of rotatable bonds is 7. The molecule has 1 fully saturated rings. The van der Waals surface area contributed by atoms with Gasteiger partial charge in [0, 0.05) is 30.9 Å². The van der Waals surface area contributed by atoms with Crippen LogP contribution in [-0.2, 0) is 4.74 Å². The molecule has 0 saturated carbocycles. The van der Waals surface area contributed by atoms with Gasteiger partial charge in [0.15, 0.2) is 0 Å². The van der Waals surface area contributed by atoms with Crippen LogP contribution < -0.4 is 4.74 Å². The standard InChI is InChI=1S/C26H30N4O3/c1-2-29-12-9-20(10-13-29)33-24-6-4-3-5-19-7-8-22(28-26(19)24)23-18-27-25-17-21(32-16-15-31)11-14-30(23)25/h3,5-8,11,14,17-18,20,31H,2,4,9-10,12-13,15-16H2,1H3. The van der Waals surface area contributed by atoms with Gasteiger partial charge in [0.2, 0.25) is 0 Å². The summed E-state index contributed by atoms with van der Waals surface area (Å²) in [6, 6.07) is 7.87. The van der Waals surface area contributed by atoms with Gasteiger partial charge in [-0.15, -0.1) is 0 Å². The Labute approximate surface area is 194 Å². The molecule has 172 valence electrons. The summed E-state index contributed by atoms with van der Waals surface area (Å²) in [5.74, 6) is 1.56. The molecule has 0 radical (unpaired) electrons. The van der Waals surface area contributed by atoms with Crippen molar-refractivity contribution in [3.05, 3.63) is 60.1 Å². The van der Waals surface area contributed by atoms with E-state index in [0.29, 0.717) is 5.75 Å². The van der Waals surface area contributed by atoms with Gasteiger partial charge in [-0.3, -0.25) is 4.40 Å². The minimum absolute atomic E-state index is 0.0198. The third kappa shape index (κ3) is 4.65. The summed E-state index contributed by atoms with van der Waals surface area (Å²) in [7, 11) is 0. The highest BCUT2D eigenvalue weighted by atomic mass is 16.5. The first-order chi connectivity index (χ1) is 16.2. The molecule has 0 spiro atoms. The Bertz CT molecular complexity index is 1180. The smallest absolute Gasteiger partial charge is 0.142 e. The van der Waals surface area contributed by atoms with Crippen molar-refractivity contribution in [1.29, 1.82) is 0 Å². The molecule has 0 amide bonds. The van der Waals surface area contributed by atoms with Crippen molar-refractivity contribution >= 4 is 17.5 Å². The summed E-state index contributed by atoms with van der Waals surface area (Å²) in [5, 5.41) is 8.98. The number of likely N-dealkylation sites (tertiary alicyclic amines) is 1. The van der Waals surface area contributed by atoms with Gasteiger partial charge < -0.3 is 19.5 Å². The van der Waals surface area contributed by atoms with Crippen LogP contribution in [0.2, 0.25) is 0 Å². The highest BCUT2D eigenvalue weighted by Crippen LogP contribution is 2.30. The summed E-state index contributed by atoms with van der Waals surface area (Å²) in [4.78, 5) is 12.0. The molecule has 0 atom stereocenters. The Balaban J connectivity index is 1.43. The van der Waals surface area contributed by atoms with E-state index in [1.54, 1.807) is 0 Å². The van der Waals surface area contributed by atoms with Crippen molar-refractivity contribution in [3.63, 3.8) is 0 Å². The van der Waals surface area contributed by atoms with E-state index in [0.717, 1.165) is 72.9 Å². The average Bonchev–Trinajstić information content (AvgIpc) is 3.18. The number of ether oxygens (including phenoxy) is 2. The fourth-order valence-electron chi connectivity index (χ4n) is 4.44. The number of imidazole rings is 1. The fraction of sp³-hybridized carbons (Fsp3) is 0.385. The zero-order chi connectivity index (χ0) is 22.6. The lowest BCUT2D eigenvalue weighted by Crippen LogP contribution is -2.36. The molecular formula is C26H30N4O3. The first-order valence-corrected chi connectivity index (χ1v) is 11.7. The quantitative estimate of drug-likeness (QED) is 0.591. The van der Waals surface area contributed by atoms with Gasteiger partial charge >= 0.3 is 0 Å². The lowest BCUT2D eigenvalue weighted by molar-refractivity contribution is 0.0822. The third-order valence-electron chi connectivity index (χ3n) is 6.28. The predicted molar refractivity (Wildman–Crippen MR) is 129 cm³/mol. The molecule has 7 heteroatoms. The van der Waals surface area contributed by atoms with Crippen LogP contribution in [0.1, 0.15) is 37.4 Å². The van der Waals surface area contributed by atoms with Crippen LogP contribution in [0.5, 0.6) is 5.75 Å². The average molecular weight is 447 g/mol. The second kappa shape index (κ2) is 9.77. The Hall–Kier alpha value is -3.16. The molecule has 7 nitrogen and oxygen atoms in total. The third-order valence-corrected chi connectivity index (χ3v) is 6.28. The summed E-state index contributed by atoms with van der Waals surface area (Å²) in [6.45, 7) is 5.72. The summed E-state index contributed by atoms with van der Waals surface area (Å²) in [5.41, 5.74) is 4.48. The molecule has 33 heavy (non-hydrogen) atoms. The van der Waals surface area contributed by atoms with E-state index >= 15 is 0 Å². The van der Waals surface area contributed by atoms with Gasteiger partial charge in [-0.25, -0.2) is 9.97 Å². The molecule has 3 aromatic rings. The molecule has 0 aromatic carbocycles. The van der Waals surface area contributed by atoms with Crippen LogP contribution in [0.15, 0.2) is 48.8 Å². The molecule has 0 unspecified atom stereocenters. The molecule has 4 heterocycles. The molecule has 1 N–H and O–H groups in total. The number of hydrogen-bond acceptors (Lipinski definition) is 6. The van der Waals surface area contributed by atoms with E-state index < -0.39 is 0 Å². The first-order valence-electron chi connectivity index (χ1n) is 11.7. The van der Waals surface area contributed by atoms with E-state index in [2.05, 4.69) is 41.1 Å². The van der Waals surface area contributed by atoms with Crippen molar-refractivity contribution in [3.8, 4) is 17.1 Å². The van der Waals surface area contributed by atoms with Gasteiger partial charge in [0.05, 0.1) is 24.2 Å². The maximum Gasteiger partial charge on any atom is 0.142 e. The number of fused-ring (bicyclic) bond motifs is 2. The molecule has 3 aromatic heterocycles. The van der Waals surface area contributed by atoms with Crippen molar-refractivity contribution in [2.24, 2.45) is 0 Å². The number of nitrogens with zero attached hydrogens (tertiary/aromatic N) is 4. The zero-order valence-corrected chi connectivity index (χ0v) is 19.0. The highest BCUT2D eigenvalue weighted by molar-refractivity contribution is 5.73. The van der Waals surface area contributed by atoms with Gasteiger partial charge in [-0.05, 0) is 44.0 Å². The number of aliphatic hydroxyl groups is 1. The molecule has 2 aliphatic rings. The monoisotopic (exact) mass is 446 g/mol. The summed E-state index contributed by atoms with van der Waals surface area (Å²) >= 11 is 0. The van der Waals surface area contributed by atoms with Crippen molar-refractivity contribution in [1.82, 2.24) is 19.3 Å². The van der Waals surface area contributed by atoms with E-state index in [1.807, 2.05) is 35.0 Å². The molecule has 5 rings (SSSR count). The summed E-state index contributed by atoms with van der Waals surface area (Å²) in [6.07, 6.45) is 13.3. The van der Waals surface area contributed by atoms with Gasteiger partial charge in [0.25, 0.3) is 0 Å². The highest BCUT2D eigenvalue weighted by Gasteiger charge is 2.23. The Morgan fingerprint density at radius 3 is 2.88 bits per heavy atom. The minimum atomic E-state index is -0.0198. The van der Waals surface area contributed by atoms with Gasteiger partial charge in [-0.2, -0.15) is 0 Å². The Morgan fingerprint density at radius 2 is 2.06 bits per heavy atom. The van der Waals surface area contributed by atoms with Crippen LogP contribution in [0.4, 0.5) is 0 Å². The van der Waals surface area contributed by atoms with Gasteiger partial charge in [-0.1, -0.05) is 25.1 Å². The van der Waals surface area contributed by atoms with E-state index in [-0.39, 0.29) is 19.3 Å². The second-order valence-corrected chi connectivity index (χ2v) is 8.40. The predicted octanol–water partition coefficient (Wildman–Crippen LogP) is 4.03. The van der Waals surface area contributed by atoms with Crippen LogP contribution in [0.3, 0.4) is 0 Å². The molecule has 1 aliphatic heterocycles. The normalized spacial score (nSPS) is 17.0. The molecular weight excluding hydrogens is 416 g/mol. The number of piperidine rings is 1. The molecule has 0 bridgehead atoms. The van der Waals surface area contributed by atoms with Crippen LogP contribution in [0.25, 0.3) is 28.9 Å². The lowest BCUT2D eigenvalue weighted by atomic mass is 10.1. The number of allylic oxidation sites excluding steroid dienone is 2. The maximum atomic E-state index is 8.98. The molecule has 1 aliphatic carbocycles. The number of aliphatic hydroxyl groups excluding tert-OH is 1. The van der Waals surface area contributed by atoms with E-state index in [4.69, 9.17) is 19.6 Å². The fourth-order valence-corrected chi connectivity index (χ4v) is 4.44. The second-order valence-electron chi connectivity index (χ2n) is 8.40. The zero-order valence-electron chi connectivity index (χ0n) is 19.0. The van der Waals surface area contributed by atoms with Gasteiger partial charge in [0.1, 0.15) is 35.6 Å². The molecule has 1 saturated heterocycles. The number of hydrogen-bond donors (Lipinski definition) is 1. The van der Waals surface area contributed by atoms with Crippen LogP contribution in [0, 0.1) is 0 Å². The lowest BCUT2D eigenvalue weighted by Gasteiger charge is -2.31. The first kappa shape index (κ1) is 21.7. The SMILES string of the molecule is CCN1CCC(OC2=CCC=Cc3ccc(-c4cnc5cc(OCCO)ccn45)nc32)CC1. The van der Waals surface area contributed by atoms with E-state index in [9.17, 15) is 0 Å². The van der Waals surface area contributed by atoms with E-state index in [1.165, 1.54) is 0 Å².